The van der Waals surface area contributed by atoms with Crippen molar-refractivity contribution in [2.45, 2.75) is 32.1 Å². The number of rotatable bonds is 6. The van der Waals surface area contributed by atoms with Crippen molar-refractivity contribution in [1.82, 2.24) is 19.4 Å². The first-order valence-corrected chi connectivity index (χ1v) is 10.4. The van der Waals surface area contributed by atoms with Crippen molar-refractivity contribution in [3.05, 3.63) is 35.0 Å². The second kappa shape index (κ2) is 7.95. The molecule has 1 aromatic heterocycles. The van der Waals surface area contributed by atoms with E-state index in [0.717, 1.165) is 6.54 Å². The van der Waals surface area contributed by atoms with E-state index in [1.54, 1.807) is 30.5 Å². The standard InChI is InChI=1S/C18H26N4O4S/c1-13-11-16(25-4)12-14(2)18(13)27(23,24)22-9-7-21(8-10-22)6-5-17-20-19-15(3)26-17/h11-12H,5-10H2,1-4H3. The minimum atomic E-state index is -3.53. The molecule has 1 aromatic carbocycles. The Morgan fingerprint density at radius 3 is 2.22 bits per heavy atom. The molecule has 0 unspecified atom stereocenters. The van der Waals surface area contributed by atoms with Crippen LogP contribution < -0.4 is 4.74 Å². The monoisotopic (exact) mass is 394 g/mol. The highest BCUT2D eigenvalue weighted by Gasteiger charge is 2.31. The molecule has 148 valence electrons. The Kier molecular flexibility index (Phi) is 5.83. The highest BCUT2D eigenvalue weighted by molar-refractivity contribution is 7.89. The summed E-state index contributed by atoms with van der Waals surface area (Å²) in [5.41, 5.74) is 1.42. The molecule has 1 aliphatic heterocycles. The van der Waals surface area contributed by atoms with Crippen molar-refractivity contribution in [1.29, 1.82) is 0 Å². The first-order chi connectivity index (χ1) is 12.8. The smallest absolute Gasteiger partial charge is 0.243 e. The second-order valence-corrected chi connectivity index (χ2v) is 8.68. The Morgan fingerprint density at radius 2 is 1.70 bits per heavy atom. The Hall–Kier alpha value is -1.97. The van der Waals surface area contributed by atoms with Gasteiger partial charge in [0.2, 0.25) is 21.8 Å². The topological polar surface area (TPSA) is 88.8 Å². The summed E-state index contributed by atoms with van der Waals surface area (Å²) >= 11 is 0. The van der Waals surface area contributed by atoms with Gasteiger partial charge in [0.15, 0.2) is 0 Å². The molecular weight excluding hydrogens is 368 g/mol. The lowest BCUT2D eigenvalue weighted by Crippen LogP contribution is -2.49. The molecule has 1 aliphatic rings. The van der Waals surface area contributed by atoms with Gasteiger partial charge in [0.1, 0.15) is 5.75 Å². The maximum absolute atomic E-state index is 13.2. The highest BCUT2D eigenvalue weighted by atomic mass is 32.2. The average Bonchev–Trinajstić information content (AvgIpc) is 3.04. The number of piperazine rings is 1. The van der Waals surface area contributed by atoms with Crippen molar-refractivity contribution in [3.63, 3.8) is 0 Å². The maximum atomic E-state index is 13.2. The molecule has 0 spiro atoms. The van der Waals surface area contributed by atoms with Crippen LogP contribution in [0.2, 0.25) is 0 Å². The molecular formula is C18H26N4O4S. The van der Waals surface area contributed by atoms with E-state index < -0.39 is 10.0 Å². The van der Waals surface area contributed by atoms with Crippen LogP contribution in [0.5, 0.6) is 5.75 Å². The van der Waals surface area contributed by atoms with Crippen LogP contribution in [0.3, 0.4) is 0 Å². The van der Waals surface area contributed by atoms with E-state index in [1.807, 2.05) is 13.8 Å². The molecule has 9 heteroatoms. The molecule has 1 saturated heterocycles. The fourth-order valence-electron chi connectivity index (χ4n) is 3.45. The van der Waals surface area contributed by atoms with Crippen LogP contribution in [0.4, 0.5) is 0 Å². The van der Waals surface area contributed by atoms with Gasteiger partial charge in [0.25, 0.3) is 0 Å². The number of hydrogen-bond acceptors (Lipinski definition) is 7. The molecule has 3 rings (SSSR count). The lowest BCUT2D eigenvalue weighted by Gasteiger charge is -2.34. The molecule has 0 aliphatic carbocycles. The van der Waals surface area contributed by atoms with Crippen LogP contribution in [0.1, 0.15) is 22.9 Å². The summed E-state index contributed by atoms with van der Waals surface area (Å²) in [7, 11) is -1.94. The zero-order valence-electron chi connectivity index (χ0n) is 16.2. The summed E-state index contributed by atoms with van der Waals surface area (Å²) in [6.07, 6.45) is 0.671. The van der Waals surface area contributed by atoms with Crippen molar-refractivity contribution in [2.75, 3.05) is 39.8 Å². The number of methoxy groups -OCH3 is 1. The first-order valence-electron chi connectivity index (χ1n) is 8.98. The lowest BCUT2D eigenvalue weighted by atomic mass is 10.1. The lowest BCUT2D eigenvalue weighted by molar-refractivity contribution is 0.186. The van der Waals surface area contributed by atoms with E-state index in [1.165, 1.54) is 0 Å². The van der Waals surface area contributed by atoms with E-state index in [-0.39, 0.29) is 0 Å². The molecule has 0 bridgehead atoms. The van der Waals surface area contributed by atoms with Crippen molar-refractivity contribution in [2.24, 2.45) is 0 Å². The van der Waals surface area contributed by atoms with Gasteiger partial charge < -0.3 is 14.1 Å². The Bertz CT molecular complexity index is 879. The van der Waals surface area contributed by atoms with Gasteiger partial charge in [0.05, 0.1) is 12.0 Å². The zero-order valence-corrected chi connectivity index (χ0v) is 17.0. The van der Waals surface area contributed by atoms with Crippen molar-refractivity contribution < 1.29 is 17.6 Å². The molecule has 0 saturated carbocycles. The van der Waals surface area contributed by atoms with E-state index >= 15 is 0 Å². The number of sulfonamides is 1. The highest BCUT2D eigenvalue weighted by Crippen LogP contribution is 2.28. The molecule has 27 heavy (non-hydrogen) atoms. The normalized spacial score (nSPS) is 16.6. The van der Waals surface area contributed by atoms with Crippen LogP contribution in [0.25, 0.3) is 0 Å². The van der Waals surface area contributed by atoms with E-state index in [0.29, 0.717) is 66.2 Å². The maximum Gasteiger partial charge on any atom is 0.243 e. The largest absolute Gasteiger partial charge is 0.497 e. The number of aromatic nitrogens is 2. The van der Waals surface area contributed by atoms with Gasteiger partial charge in [-0.2, -0.15) is 4.31 Å². The predicted molar refractivity (Wildman–Crippen MR) is 100 cm³/mol. The van der Waals surface area contributed by atoms with Crippen LogP contribution in [-0.4, -0.2) is 67.7 Å². The fourth-order valence-corrected chi connectivity index (χ4v) is 5.28. The summed E-state index contributed by atoms with van der Waals surface area (Å²) in [4.78, 5) is 2.61. The number of aryl methyl sites for hydroxylation is 3. The Labute approximate surface area is 160 Å². The summed E-state index contributed by atoms with van der Waals surface area (Å²) in [5, 5.41) is 7.82. The Balaban J connectivity index is 1.64. The third-order valence-corrected chi connectivity index (χ3v) is 7.01. The van der Waals surface area contributed by atoms with Crippen LogP contribution in [0, 0.1) is 20.8 Å². The first kappa shape index (κ1) is 19.8. The number of benzene rings is 1. The SMILES string of the molecule is COc1cc(C)c(S(=O)(=O)N2CCN(CCc3nnc(C)o3)CC2)c(C)c1. The van der Waals surface area contributed by atoms with E-state index in [9.17, 15) is 8.42 Å². The summed E-state index contributed by atoms with van der Waals surface area (Å²) in [5.74, 6) is 1.85. The van der Waals surface area contributed by atoms with Gasteiger partial charge in [-0.05, 0) is 37.1 Å². The van der Waals surface area contributed by atoms with Gasteiger partial charge in [-0.3, -0.25) is 0 Å². The molecule has 0 amide bonds. The minimum absolute atomic E-state index is 0.387. The Morgan fingerprint density at radius 1 is 1.07 bits per heavy atom. The third-order valence-electron chi connectivity index (χ3n) is 4.81. The molecule has 0 N–H and O–H groups in total. The van der Waals surface area contributed by atoms with Crippen LogP contribution in [-0.2, 0) is 16.4 Å². The molecule has 1 fully saturated rings. The van der Waals surface area contributed by atoms with Gasteiger partial charge in [-0.15, -0.1) is 10.2 Å². The van der Waals surface area contributed by atoms with Crippen LogP contribution >= 0.6 is 0 Å². The molecule has 0 atom stereocenters. The van der Waals surface area contributed by atoms with Gasteiger partial charge in [-0.25, -0.2) is 8.42 Å². The van der Waals surface area contributed by atoms with E-state index in [4.69, 9.17) is 9.15 Å². The molecule has 2 aromatic rings. The van der Waals surface area contributed by atoms with E-state index in [2.05, 4.69) is 15.1 Å². The quantitative estimate of drug-likeness (QED) is 0.734. The van der Waals surface area contributed by atoms with Gasteiger partial charge >= 0.3 is 0 Å². The van der Waals surface area contributed by atoms with Crippen LogP contribution in [0.15, 0.2) is 21.4 Å². The molecule has 2 heterocycles. The van der Waals surface area contributed by atoms with Gasteiger partial charge in [-0.1, -0.05) is 0 Å². The molecule has 0 radical (unpaired) electrons. The van der Waals surface area contributed by atoms with Crippen molar-refractivity contribution in [3.8, 4) is 5.75 Å². The number of nitrogens with zero attached hydrogens (tertiary/aromatic N) is 4. The second-order valence-electron chi connectivity index (χ2n) is 6.80. The van der Waals surface area contributed by atoms with Gasteiger partial charge in [0, 0.05) is 46.1 Å². The zero-order chi connectivity index (χ0) is 19.6. The predicted octanol–water partition coefficient (Wildman–Crippen LogP) is 1.55. The van der Waals surface area contributed by atoms with Crippen molar-refractivity contribution >= 4 is 10.0 Å². The average molecular weight is 394 g/mol. The summed E-state index contributed by atoms with van der Waals surface area (Å²) in [6, 6.07) is 3.53. The summed E-state index contributed by atoms with van der Waals surface area (Å²) < 4.78 is 38.5. The fraction of sp³-hybridized carbons (Fsp3) is 0.556. The summed E-state index contributed by atoms with van der Waals surface area (Å²) in [6.45, 7) is 8.46. The number of hydrogen-bond donors (Lipinski definition) is 0. The minimum Gasteiger partial charge on any atom is -0.497 e. The molecule has 8 nitrogen and oxygen atoms in total. The number of ether oxygens (including phenoxy) is 1. The third kappa shape index (κ3) is 4.31.